The zero-order valence-corrected chi connectivity index (χ0v) is 10.9. The molecule has 2 unspecified atom stereocenters. The number of halogens is 1. The van der Waals surface area contributed by atoms with Crippen LogP contribution in [0.4, 0.5) is 0 Å². The summed E-state index contributed by atoms with van der Waals surface area (Å²) in [5.41, 5.74) is 0. The molecule has 3 nitrogen and oxygen atoms in total. The standard InChI is InChI=1S/C12H14ClNO2S/c13-10-5-1-2-6-11(10)17(16)9-4-3-7-12(15)14-8-9/h1-2,5-6,9H,3-4,7-8H2,(H,14,15). The largest absolute Gasteiger partial charge is 0.611 e. The van der Waals surface area contributed by atoms with Gasteiger partial charge in [-0.3, -0.25) is 4.79 Å². The number of hydrogen-bond acceptors (Lipinski definition) is 2. The minimum Gasteiger partial charge on any atom is -0.611 e. The first-order valence-electron chi connectivity index (χ1n) is 5.60. The molecule has 1 aromatic carbocycles. The molecule has 1 aliphatic rings. The van der Waals surface area contributed by atoms with E-state index < -0.39 is 11.2 Å². The quantitative estimate of drug-likeness (QED) is 0.838. The van der Waals surface area contributed by atoms with E-state index >= 15 is 0 Å². The summed E-state index contributed by atoms with van der Waals surface area (Å²) in [6, 6.07) is 7.17. The minimum absolute atomic E-state index is 0.0404. The highest BCUT2D eigenvalue weighted by Gasteiger charge is 2.28. The fraction of sp³-hybridized carbons (Fsp3) is 0.417. The molecule has 1 aromatic rings. The van der Waals surface area contributed by atoms with Crippen LogP contribution in [0, 0.1) is 0 Å². The van der Waals surface area contributed by atoms with E-state index in [0.29, 0.717) is 22.9 Å². The summed E-state index contributed by atoms with van der Waals surface area (Å²) in [6.07, 6.45) is 2.10. The molecule has 0 radical (unpaired) electrons. The van der Waals surface area contributed by atoms with Gasteiger partial charge in [0.2, 0.25) is 5.91 Å². The van der Waals surface area contributed by atoms with Crippen LogP contribution in [0.1, 0.15) is 19.3 Å². The summed E-state index contributed by atoms with van der Waals surface area (Å²) in [5.74, 6) is 0.0451. The lowest BCUT2D eigenvalue weighted by Gasteiger charge is -2.20. The Morgan fingerprint density at radius 2 is 2.18 bits per heavy atom. The Morgan fingerprint density at radius 3 is 2.94 bits per heavy atom. The van der Waals surface area contributed by atoms with Crippen LogP contribution < -0.4 is 5.32 Å². The number of carbonyl (C=O) groups excluding carboxylic acids is 1. The molecule has 1 saturated heterocycles. The number of hydrogen-bond donors (Lipinski definition) is 1. The van der Waals surface area contributed by atoms with Crippen molar-refractivity contribution in [1.29, 1.82) is 0 Å². The zero-order valence-electron chi connectivity index (χ0n) is 9.32. The molecule has 0 bridgehead atoms. The van der Waals surface area contributed by atoms with Crippen LogP contribution in [-0.4, -0.2) is 22.3 Å². The number of benzene rings is 1. The summed E-state index contributed by atoms with van der Waals surface area (Å²) in [4.78, 5) is 11.9. The van der Waals surface area contributed by atoms with Gasteiger partial charge in [-0.2, -0.15) is 0 Å². The van der Waals surface area contributed by atoms with Crippen molar-refractivity contribution in [3.63, 3.8) is 0 Å². The van der Waals surface area contributed by atoms with Crippen molar-refractivity contribution < 1.29 is 9.35 Å². The fourth-order valence-corrected chi connectivity index (χ4v) is 3.69. The third-order valence-corrected chi connectivity index (χ3v) is 5.05. The number of nitrogens with one attached hydrogen (secondary N) is 1. The summed E-state index contributed by atoms with van der Waals surface area (Å²) >= 11 is 4.87. The first-order valence-corrected chi connectivity index (χ1v) is 7.19. The average molecular weight is 272 g/mol. The monoisotopic (exact) mass is 271 g/mol. The van der Waals surface area contributed by atoms with Crippen LogP contribution >= 0.6 is 11.6 Å². The molecular weight excluding hydrogens is 258 g/mol. The Labute approximate surface area is 109 Å². The summed E-state index contributed by atoms with van der Waals surface area (Å²) in [6.45, 7) is 0.469. The predicted molar refractivity (Wildman–Crippen MR) is 68.5 cm³/mol. The topological polar surface area (TPSA) is 52.2 Å². The first-order chi connectivity index (χ1) is 8.18. The third-order valence-electron chi connectivity index (χ3n) is 2.81. The van der Waals surface area contributed by atoms with Gasteiger partial charge in [-0.05, 0) is 36.2 Å². The maximum Gasteiger partial charge on any atom is 0.220 e. The lowest BCUT2D eigenvalue weighted by Crippen LogP contribution is -2.34. The Bertz CT molecular complexity index is 413. The summed E-state index contributed by atoms with van der Waals surface area (Å²) < 4.78 is 12.4. The predicted octanol–water partition coefficient (Wildman–Crippen LogP) is 2.12. The molecule has 1 aliphatic heterocycles. The molecule has 2 rings (SSSR count). The van der Waals surface area contributed by atoms with E-state index in [-0.39, 0.29) is 11.2 Å². The SMILES string of the molecule is O=C1CCCC([S+]([O-])c2ccccc2Cl)CN1. The second-order valence-corrected chi connectivity index (χ2v) is 6.15. The molecular formula is C12H14ClNO2S. The van der Waals surface area contributed by atoms with Gasteiger partial charge in [-0.25, -0.2) is 0 Å². The lowest BCUT2D eigenvalue weighted by molar-refractivity contribution is -0.120. The van der Waals surface area contributed by atoms with Crippen molar-refractivity contribution in [2.45, 2.75) is 29.4 Å². The smallest absolute Gasteiger partial charge is 0.220 e. The van der Waals surface area contributed by atoms with E-state index in [9.17, 15) is 9.35 Å². The van der Waals surface area contributed by atoms with E-state index in [1.165, 1.54) is 0 Å². The van der Waals surface area contributed by atoms with Crippen LogP contribution in [0.15, 0.2) is 29.2 Å². The molecule has 0 spiro atoms. The Hall–Kier alpha value is -0.710. The highest BCUT2D eigenvalue weighted by molar-refractivity contribution is 7.92. The average Bonchev–Trinajstić information content (AvgIpc) is 2.54. The first kappa shape index (κ1) is 12.7. The second-order valence-electron chi connectivity index (χ2n) is 4.05. The highest BCUT2D eigenvalue weighted by Crippen LogP contribution is 2.27. The fourth-order valence-electron chi connectivity index (χ4n) is 1.88. The molecule has 92 valence electrons. The van der Waals surface area contributed by atoms with Gasteiger partial charge in [0.1, 0.15) is 5.25 Å². The maximum absolute atomic E-state index is 12.4. The summed E-state index contributed by atoms with van der Waals surface area (Å²) in [7, 11) is 0. The third kappa shape index (κ3) is 3.15. The van der Waals surface area contributed by atoms with Crippen molar-refractivity contribution in [1.82, 2.24) is 5.32 Å². The van der Waals surface area contributed by atoms with Gasteiger partial charge in [0.05, 0.1) is 11.6 Å². The van der Waals surface area contributed by atoms with E-state index in [4.69, 9.17) is 11.6 Å². The van der Waals surface area contributed by atoms with E-state index in [1.807, 2.05) is 12.1 Å². The number of rotatable bonds is 2. The Kier molecular flexibility index (Phi) is 4.31. The van der Waals surface area contributed by atoms with Gasteiger partial charge in [-0.15, -0.1) is 0 Å². The molecule has 0 aromatic heterocycles. The van der Waals surface area contributed by atoms with Gasteiger partial charge in [0.25, 0.3) is 0 Å². The van der Waals surface area contributed by atoms with Gasteiger partial charge in [-0.1, -0.05) is 23.7 Å². The highest BCUT2D eigenvalue weighted by atomic mass is 35.5. The molecule has 0 saturated carbocycles. The number of carbonyl (C=O) groups is 1. The Balaban J connectivity index is 2.11. The van der Waals surface area contributed by atoms with E-state index in [0.717, 1.165) is 12.8 Å². The van der Waals surface area contributed by atoms with Gasteiger partial charge in [0.15, 0.2) is 4.90 Å². The molecule has 5 heteroatoms. The van der Waals surface area contributed by atoms with Crippen molar-refractivity contribution in [3.05, 3.63) is 29.3 Å². The van der Waals surface area contributed by atoms with Gasteiger partial charge in [0, 0.05) is 6.42 Å². The van der Waals surface area contributed by atoms with Gasteiger partial charge < -0.3 is 9.87 Å². The van der Waals surface area contributed by atoms with Crippen LogP contribution in [-0.2, 0) is 16.0 Å². The molecule has 1 heterocycles. The molecule has 2 atom stereocenters. The van der Waals surface area contributed by atoms with Crippen molar-refractivity contribution in [2.24, 2.45) is 0 Å². The van der Waals surface area contributed by atoms with E-state index in [1.54, 1.807) is 12.1 Å². The minimum atomic E-state index is -1.15. The number of amides is 1. The second kappa shape index (κ2) is 5.76. The summed E-state index contributed by atoms with van der Waals surface area (Å²) in [5, 5.41) is 3.28. The molecule has 1 fully saturated rings. The lowest BCUT2D eigenvalue weighted by atomic mass is 10.2. The maximum atomic E-state index is 12.4. The van der Waals surface area contributed by atoms with Crippen LogP contribution in [0.2, 0.25) is 5.02 Å². The molecule has 17 heavy (non-hydrogen) atoms. The van der Waals surface area contributed by atoms with Crippen molar-refractivity contribution >= 4 is 28.7 Å². The molecule has 1 amide bonds. The van der Waals surface area contributed by atoms with Crippen LogP contribution in [0.5, 0.6) is 0 Å². The molecule has 0 aliphatic carbocycles. The van der Waals surface area contributed by atoms with Gasteiger partial charge >= 0.3 is 0 Å². The van der Waals surface area contributed by atoms with E-state index in [2.05, 4.69) is 5.32 Å². The molecule has 1 N–H and O–H groups in total. The normalized spacial score (nSPS) is 22.7. The zero-order chi connectivity index (χ0) is 12.3. The van der Waals surface area contributed by atoms with Crippen molar-refractivity contribution in [3.8, 4) is 0 Å². The van der Waals surface area contributed by atoms with Crippen LogP contribution in [0.3, 0.4) is 0 Å². The van der Waals surface area contributed by atoms with Crippen LogP contribution in [0.25, 0.3) is 0 Å². The van der Waals surface area contributed by atoms with Crippen molar-refractivity contribution in [2.75, 3.05) is 6.54 Å². The Morgan fingerprint density at radius 1 is 1.41 bits per heavy atom.